The Hall–Kier alpha value is -2.96. The highest BCUT2D eigenvalue weighted by Crippen LogP contribution is 2.37. The summed E-state index contributed by atoms with van der Waals surface area (Å²) in [5.41, 5.74) is 2.15. The molecular weight excluding hydrogens is 395 g/mol. The van der Waals surface area contributed by atoms with Crippen LogP contribution in [0, 0.1) is 11.7 Å². The number of hydrogen-bond donors (Lipinski definition) is 1. The number of nitrogens with zero attached hydrogens (tertiary/aromatic N) is 3. The van der Waals surface area contributed by atoms with E-state index in [9.17, 15) is 14.0 Å². The van der Waals surface area contributed by atoms with E-state index < -0.39 is 0 Å². The number of anilines is 1. The summed E-state index contributed by atoms with van der Waals surface area (Å²) in [5, 5.41) is 2.92. The zero-order chi connectivity index (χ0) is 21.4. The summed E-state index contributed by atoms with van der Waals surface area (Å²) in [5.74, 6) is 0.0860. The fourth-order valence-corrected chi connectivity index (χ4v) is 5.26. The third-order valence-corrected chi connectivity index (χ3v) is 6.75. The number of aromatic nitrogens is 2. The van der Waals surface area contributed by atoms with Crippen LogP contribution < -0.4 is 15.8 Å². The van der Waals surface area contributed by atoms with Crippen LogP contribution in [0.4, 0.5) is 10.2 Å². The lowest BCUT2D eigenvalue weighted by molar-refractivity contribution is 0.0953. The number of piperidine rings is 1. The number of rotatable bonds is 4. The van der Waals surface area contributed by atoms with E-state index in [2.05, 4.69) is 16.4 Å². The highest BCUT2D eigenvalue weighted by Gasteiger charge is 2.36. The maximum Gasteiger partial charge on any atom is 0.263 e. The molecule has 2 bridgehead atoms. The molecule has 1 aliphatic carbocycles. The summed E-state index contributed by atoms with van der Waals surface area (Å²) < 4.78 is 16.0. The zero-order valence-corrected chi connectivity index (χ0v) is 17.5. The quantitative estimate of drug-likeness (QED) is 0.769. The number of nitrogens with one attached hydrogen (secondary N) is 1. The van der Waals surface area contributed by atoms with Crippen LogP contribution in [0.1, 0.15) is 54.1 Å². The van der Waals surface area contributed by atoms with E-state index in [0.29, 0.717) is 32.0 Å². The van der Waals surface area contributed by atoms with Gasteiger partial charge in [-0.15, -0.1) is 0 Å². The lowest BCUT2D eigenvalue weighted by Crippen LogP contribution is -2.48. The van der Waals surface area contributed by atoms with Gasteiger partial charge in [-0.2, -0.15) is 0 Å². The first kappa shape index (κ1) is 20.0. The third-order valence-electron chi connectivity index (χ3n) is 6.75. The molecule has 0 radical (unpaired) electrons. The van der Waals surface area contributed by atoms with Crippen LogP contribution in [-0.4, -0.2) is 35.1 Å². The Labute approximate surface area is 180 Å². The van der Waals surface area contributed by atoms with Crippen molar-refractivity contribution in [2.75, 3.05) is 24.5 Å². The lowest BCUT2D eigenvalue weighted by atomic mass is 9.83. The number of allylic oxidation sites excluding steroid dienone is 1. The molecule has 162 valence electrons. The molecule has 1 fully saturated rings. The Bertz CT molecular complexity index is 1090. The Morgan fingerprint density at radius 1 is 1.19 bits per heavy atom. The molecule has 0 saturated carbocycles. The second kappa shape index (κ2) is 8.29. The van der Waals surface area contributed by atoms with E-state index in [1.165, 1.54) is 18.1 Å². The molecule has 5 rings (SSSR count). The summed E-state index contributed by atoms with van der Waals surface area (Å²) in [6.45, 7) is 2.32. The van der Waals surface area contributed by atoms with Crippen LogP contribution in [0.25, 0.3) is 0 Å². The maximum absolute atomic E-state index is 14.3. The van der Waals surface area contributed by atoms with Crippen LogP contribution in [0.15, 0.2) is 46.9 Å². The summed E-state index contributed by atoms with van der Waals surface area (Å²) in [6, 6.07) is 6.57. The van der Waals surface area contributed by atoms with E-state index >= 15 is 0 Å². The Morgan fingerprint density at radius 2 is 2.10 bits per heavy atom. The molecule has 2 atom stereocenters. The molecule has 1 amide bonds. The van der Waals surface area contributed by atoms with Crippen LogP contribution in [0.5, 0.6) is 0 Å². The predicted molar refractivity (Wildman–Crippen MR) is 117 cm³/mol. The normalized spacial score (nSPS) is 22.5. The molecule has 7 heteroatoms. The van der Waals surface area contributed by atoms with E-state index in [-0.39, 0.29) is 34.7 Å². The molecular formula is C24H27FN4O2. The average molecular weight is 423 g/mol. The van der Waals surface area contributed by atoms with Gasteiger partial charge in [-0.25, -0.2) is 9.37 Å². The number of amides is 1. The zero-order valence-electron chi connectivity index (χ0n) is 17.5. The molecule has 1 saturated heterocycles. The summed E-state index contributed by atoms with van der Waals surface area (Å²) in [7, 11) is 0. The first-order valence-corrected chi connectivity index (χ1v) is 11.2. The minimum atomic E-state index is -0.319. The van der Waals surface area contributed by atoms with Crippen LogP contribution in [0.2, 0.25) is 0 Å². The molecule has 0 spiro atoms. The van der Waals surface area contributed by atoms with Gasteiger partial charge in [0.1, 0.15) is 5.56 Å². The number of pyridine rings is 2. The molecule has 0 aromatic carbocycles. The number of halogens is 1. The van der Waals surface area contributed by atoms with Gasteiger partial charge in [0, 0.05) is 44.0 Å². The fourth-order valence-electron chi connectivity index (χ4n) is 5.26. The number of carbonyl (C=O) groups is 1. The topological polar surface area (TPSA) is 67.2 Å². The van der Waals surface area contributed by atoms with E-state index in [4.69, 9.17) is 0 Å². The van der Waals surface area contributed by atoms with Gasteiger partial charge >= 0.3 is 0 Å². The van der Waals surface area contributed by atoms with Crippen LogP contribution >= 0.6 is 0 Å². The number of carbonyl (C=O) groups excluding carboxylic acids is 1. The van der Waals surface area contributed by atoms with E-state index in [1.807, 2.05) is 11.0 Å². The fraction of sp³-hybridized carbons (Fsp3) is 0.458. The Balaban J connectivity index is 1.36. The maximum atomic E-state index is 14.3. The molecule has 0 unspecified atom stereocenters. The highest BCUT2D eigenvalue weighted by molar-refractivity contribution is 5.94. The van der Waals surface area contributed by atoms with Gasteiger partial charge in [-0.1, -0.05) is 11.6 Å². The van der Waals surface area contributed by atoms with Gasteiger partial charge in [-0.05, 0) is 62.3 Å². The van der Waals surface area contributed by atoms with Crippen molar-refractivity contribution in [3.05, 3.63) is 69.5 Å². The number of fused-ring (bicyclic) bond motifs is 4. The van der Waals surface area contributed by atoms with Gasteiger partial charge in [0.15, 0.2) is 11.6 Å². The largest absolute Gasteiger partial charge is 0.353 e. The highest BCUT2D eigenvalue weighted by atomic mass is 19.1. The molecule has 6 nitrogen and oxygen atoms in total. The Morgan fingerprint density at radius 3 is 2.90 bits per heavy atom. The minimum Gasteiger partial charge on any atom is -0.353 e. The van der Waals surface area contributed by atoms with Crippen molar-refractivity contribution in [3.8, 4) is 0 Å². The molecule has 3 aliphatic rings. The Kier molecular flexibility index (Phi) is 5.34. The SMILES string of the molecule is O=C(NCC1=CCCCC1)c1ccc2n(c1=O)C[C@H]1C[C@@H]2CN(c2ncccc2F)C1. The first-order chi connectivity index (χ1) is 15.1. The van der Waals surface area contributed by atoms with Crippen molar-refractivity contribution in [1.29, 1.82) is 0 Å². The molecule has 4 heterocycles. The predicted octanol–water partition coefficient (Wildman–Crippen LogP) is 3.24. The van der Waals surface area contributed by atoms with Gasteiger partial charge in [0.25, 0.3) is 11.5 Å². The van der Waals surface area contributed by atoms with Gasteiger partial charge in [0.2, 0.25) is 0 Å². The van der Waals surface area contributed by atoms with Crippen molar-refractivity contribution in [3.63, 3.8) is 0 Å². The minimum absolute atomic E-state index is 0.117. The smallest absolute Gasteiger partial charge is 0.263 e. The molecule has 2 aromatic heterocycles. The second-order valence-corrected chi connectivity index (χ2v) is 8.89. The van der Waals surface area contributed by atoms with Crippen molar-refractivity contribution in [1.82, 2.24) is 14.9 Å². The standard InChI is InChI=1S/C24H27FN4O2/c25-20-7-4-10-26-22(20)28-13-17-11-18(15-28)21-9-8-19(24(31)29(21)14-17)23(30)27-12-16-5-2-1-3-6-16/h4-5,7-10,17-18H,1-3,6,11-15H2,(H,27,30)/t17-,18+/m0/s1. The van der Waals surface area contributed by atoms with Gasteiger partial charge in [-0.3, -0.25) is 9.59 Å². The number of hydrogen-bond acceptors (Lipinski definition) is 4. The molecule has 2 aromatic rings. The summed E-state index contributed by atoms with van der Waals surface area (Å²) >= 11 is 0. The van der Waals surface area contributed by atoms with Crippen molar-refractivity contribution < 1.29 is 9.18 Å². The van der Waals surface area contributed by atoms with Crippen molar-refractivity contribution >= 4 is 11.7 Å². The van der Waals surface area contributed by atoms with Crippen LogP contribution in [0.3, 0.4) is 0 Å². The first-order valence-electron chi connectivity index (χ1n) is 11.2. The van der Waals surface area contributed by atoms with E-state index in [1.54, 1.807) is 22.9 Å². The monoisotopic (exact) mass is 422 g/mol. The summed E-state index contributed by atoms with van der Waals surface area (Å²) in [6.07, 6.45) is 9.21. The second-order valence-electron chi connectivity index (χ2n) is 8.89. The average Bonchev–Trinajstić information content (AvgIpc) is 2.79. The summed E-state index contributed by atoms with van der Waals surface area (Å²) in [4.78, 5) is 32.1. The molecule has 2 aliphatic heterocycles. The van der Waals surface area contributed by atoms with Crippen molar-refractivity contribution in [2.45, 2.75) is 44.6 Å². The van der Waals surface area contributed by atoms with E-state index in [0.717, 1.165) is 31.4 Å². The third kappa shape index (κ3) is 3.89. The molecule has 1 N–H and O–H groups in total. The van der Waals surface area contributed by atoms with Crippen LogP contribution in [-0.2, 0) is 6.54 Å². The lowest BCUT2D eigenvalue weighted by Gasteiger charge is -2.43. The van der Waals surface area contributed by atoms with Gasteiger partial charge in [0.05, 0.1) is 0 Å². The van der Waals surface area contributed by atoms with Gasteiger partial charge < -0.3 is 14.8 Å². The van der Waals surface area contributed by atoms with Crippen molar-refractivity contribution in [2.24, 2.45) is 5.92 Å². The molecule has 31 heavy (non-hydrogen) atoms.